The molecule has 7 nitrogen and oxygen atoms in total. The average molecular weight is 466 g/mol. The van der Waals surface area contributed by atoms with Crippen molar-refractivity contribution in [2.75, 3.05) is 19.0 Å². The number of thioether (sulfide) groups is 1. The second kappa shape index (κ2) is 7.98. The SMILES string of the molecule is CNC(=O)[C@@H]1[C@@H]2CC(C)C3(S2)C(C(=O)Nc2c(C)cccc2Cl)N([C@H](C)CO)C(=O)[C@H]13. The zero-order valence-corrected chi connectivity index (χ0v) is 19.6. The van der Waals surface area contributed by atoms with E-state index >= 15 is 0 Å². The zero-order chi connectivity index (χ0) is 22.7. The van der Waals surface area contributed by atoms with E-state index in [0.717, 1.165) is 12.0 Å². The molecular weight excluding hydrogens is 438 g/mol. The monoisotopic (exact) mass is 465 g/mol. The van der Waals surface area contributed by atoms with Crippen molar-refractivity contribution in [3.63, 3.8) is 0 Å². The highest BCUT2D eigenvalue weighted by molar-refractivity contribution is 8.02. The fourth-order valence-corrected chi connectivity index (χ4v) is 8.45. The van der Waals surface area contributed by atoms with Crippen LogP contribution >= 0.6 is 23.4 Å². The standard InChI is InChI=1S/C22H28ClN3O4S/c1-10-6-5-7-13(23)17(10)25-20(29)18-22-11(2)8-14(31-22)15(19(28)24-4)16(22)21(30)26(18)12(3)9-27/h5-7,11-12,14-16,18,27H,8-9H2,1-4H3,(H,24,28)(H,25,29)/t11?,12-,14+,15-,16+,18?,22?/m1/s1. The highest BCUT2D eigenvalue weighted by Crippen LogP contribution is 2.68. The maximum absolute atomic E-state index is 13.8. The van der Waals surface area contributed by atoms with E-state index in [0.29, 0.717) is 10.7 Å². The van der Waals surface area contributed by atoms with E-state index in [9.17, 15) is 19.5 Å². The van der Waals surface area contributed by atoms with E-state index in [4.69, 9.17) is 11.6 Å². The Morgan fingerprint density at radius 3 is 2.71 bits per heavy atom. The lowest BCUT2D eigenvalue weighted by Gasteiger charge is -2.39. The number of aliphatic hydroxyl groups excluding tert-OH is 1. The summed E-state index contributed by atoms with van der Waals surface area (Å²) < 4.78 is -0.721. The number of nitrogens with one attached hydrogen (secondary N) is 2. The molecule has 3 fully saturated rings. The van der Waals surface area contributed by atoms with Crippen molar-refractivity contribution in [2.45, 2.75) is 49.3 Å². The van der Waals surface area contributed by atoms with Gasteiger partial charge in [0.2, 0.25) is 17.7 Å². The van der Waals surface area contributed by atoms with E-state index in [1.807, 2.05) is 19.1 Å². The summed E-state index contributed by atoms with van der Waals surface area (Å²) in [5, 5.41) is 16.0. The van der Waals surface area contributed by atoms with Gasteiger partial charge in [0, 0.05) is 12.3 Å². The molecule has 3 saturated heterocycles. The summed E-state index contributed by atoms with van der Waals surface area (Å²) >= 11 is 7.94. The summed E-state index contributed by atoms with van der Waals surface area (Å²) in [7, 11) is 1.58. The summed E-state index contributed by atoms with van der Waals surface area (Å²) in [5.74, 6) is -1.73. The number of amides is 3. The Kier molecular flexibility index (Phi) is 5.77. The molecule has 2 bridgehead atoms. The quantitative estimate of drug-likeness (QED) is 0.618. The van der Waals surface area contributed by atoms with E-state index in [1.165, 1.54) is 4.90 Å². The highest BCUT2D eigenvalue weighted by Gasteiger charge is 2.76. The lowest BCUT2D eigenvalue weighted by molar-refractivity contribution is -0.141. The van der Waals surface area contributed by atoms with Gasteiger partial charge in [-0.25, -0.2) is 0 Å². The number of rotatable bonds is 5. The van der Waals surface area contributed by atoms with Gasteiger partial charge in [-0.2, -0.15) is 0 Å². The topological polar surface area (TPSA) is 98.7 Å². The Balaban J connectivity index is 1.80. The lowest BCUT2D eigenvalue weighted by atomic mass is 9.66. The molecule has 168 valence electrons. The molecule has 0 radical (unpaired) electrons. The molecule has 3 aliphatic heterocycles. The predicted octanol–water partition coefficient (Wildman–Crippen LogP) is 2.05. The van der Waals surface area contributed by atoms with Crippen LogP contribution in [0.25, 0.3) is 0 Å². The number of nitrogens with zero attached hydrogens (tertiary/aromatic N) is 1. The van der Waals surface area contributed by atoms with Crippen LogP contribution < -0.4 is 10.6 Å². The first-order chi connectivity index (χ1) is 14.7. The number of fused-ring (bicyclic) bond motifs is 1. The average Bonchev–Trinajstić information content (AvgIpc) is 3.33. The van der Waals surface area contributed by atoms with Crippen LogP contribution in [0.2, 0.25) is 5.02 Å². The predicted molar refractivity (Wildman–Crippen MR) is 121 cm³/mol. The second-order valence-corrected chi connectivity index (χ2v) is 10.8. The van der Waals surface area contributed by atoms with Crippen LogP contribution in [0.5, 0.6) is 0 Å². The molecule has 3 N–H and O–H groups in total. The lowest BCUT2D eigenvalue weighted by Crippen LogP contribution is -2.56. The van der Waals surface area contributed by atoms with Crippen molar-refractivity contribution in [3.05, 3.63) is 28.8 Å². The molecule has 0 saturated carbocycles. The van der Waals surface area contributed by atoms with Crippen LogP contribution in [0.1, 0.15) is 25.8 Å². The Hall–Kier alpha value is -1.77. The molecule has 1 aromatic carbocycles. The van der Waals surface area contributed by atoms with Gasteiger partial charge in [-0.05, 0) is 37.8 Å². The van der Waals surface area contributed by atoms with Gasteiger partial charge in [0.15, 0.2) is 0 Å². The van der Waals surface area contributed by atoms with E-state index in [1.54, 1.807) is 31.8 Å². The summed E-state index contributed by atoms with van der Waals surface area (Å²) in [5.41, 5.74) is 1.34. The molecule has 1 aromatic rings. The fraction of sp³-hybridized carbons (Fsp3) is 0.591. The molecule has 0 aliphatic carbocycles. The Bertz CT molecular complexity index is 923. The number of benzene rings is 1. The normalized spacial score (nSPS) is 34.6. The number of para-hydroxylation sites is 1. The number of aliphatic hydroxyl groups is 1. The molecule has 4 rings (SSSR count). The number of hydrogen-bond donors (Lipinski definition) is 3. The smallest absolute Gasteiger partial charge is 0.248 e. The minimum absolute atomic E-state index is 0.00664. The molecule has 7 atom stereocenters. The first kappa shape index (κ1) is 22.4. The minimum atomic E-state index is -0.803. The van der Waals surface area contributed by atoms with Crippen LogP contribution in [-0.4, -0.2) is 63.5 Å². The summed E-state index contributed by atoms with van der Waals surface area (Å²) in [6, 6.07) is 4.03. The van der Waals surface area contributed by atoms with Crippen LogP contribution in [0.3, 0.4) is 0 Å². The van der Waals surface area contributed by atoms with Crippen molar-refractivity contribution in [2.24, 2.45) is 17.8 Å². The number of likely N-dealkylation sites (tertiary alicyclic amines) is 1. The molecule has 3 heterocycles. The molecule has 3 aliphatic rings. The number of anilines is 1. The van der Waals surface area contributed by atoms with Crippen molar-refractivity contribution in [3.8, 4) is 0 Å². The Labute approximate surface area is 191 Å². The van der Waals surface area contributed by atoms with Crippen molar-refractivity contribution in [1.82, 2.24) is 10.2 Å². The van der Waals surface area contributed by atoms with Gasteiger partial charge in [0.25, 0.3) is 0 Å². The summed E-state index contributed by atoms with van der Waals surface area (Å²) in [4.78, 5) is 41.7. The van der Waals surface area contributed by atoms with Gasteiger partial charge in [0.1, 0.15) is 6.04 Å². The third-order valence-electron chi connectivity index (χ3n) is 7.19. The van der Waals surface area contributed by atoms with E-state index < -0.39 is 28.7 Å². The van der Waals surface area contributed by atoms with Crippen LogP contribution in [0, 0.1) is 24.7 Å². The third-order valence-corrected chi connectivity index (χ3v) is 9.58. The number of carbonyl (C=O) groups is 3. The fourth-order valence-electron chi connectivity index (χ4n) is 5.77. The molecule has 0 aromatic heterocycles. The molecule has 31 heavy (non-hydrogen) atoms. The molecule has 1 spiro atoms. The van der Waals surface area contributed by atoms with Gasteiger partial charge in [-0.3, -0.25) is 14.4 Å². The number of aryl methyl sites for hydroxylation is 1. The molecule has 3 unspecified atom stereocenters. The number of hydrogen-bond acceptors (Lipinski definition) is 5. The van der Waals surface area contributed by atoms with Gasteiger partial charge >= 0.3 is 0 Å². The van der Waals surface area contributed by atoms with Crippen molar-refractivity contribution in [1.29, 1.82) is 0 Å². The summed E-state index contributed by atoms with van der Waals surface area (Å²) in [6.07, 6.45) is 0.767. The van der Waals surface area contributed by atoms with Crippen LogP contribution in [-0.2, 0) is 14.4 Å². The van der Waals surface area contributed by atoms with Crippen LogP contribution in [0.15, 0.2) is 18.2 Å². The maximum atomic E-state index is 13.8. The maximum Gasteiger partial charge on any atom is 0.248 e. The number of halogens is 1. The molecule has 3 amide bonds. The zero-order valence-electron chi connectivity index (χ0n) is 18.0. The third kappa shape index (κ3) is 3.09. The van der Waals surface area contributed by atoms with Crippen LogP contribution in [0.4, 0.5) is 5.69 Å². The first-order valence-corrected chi connectivity index (χ1v) is 11.8. The van der Waals surface area contributed by atoms with E-state index in [2.05, 4.69) is 17.6 Å². The molecule has 9 heteroatoms. The Morgan fingerprint density at radius 1 is 1.39 bits per heavy atom. The molecular formula is C22H28ClN3O4S. The first-order valence-electron chi connectivity index (χ1n) is 10.6. The largest absolute Gasteiger partial charge is 0.394 e. The second-order valence-electron chi connectivity index (χ2n) is 8.86. The number of carbonyl (C=O) groups excluding carboxylic acids is 3. The summed E-state index contributed by atoms with van der Waals surface area (Å²) in [6.45, 7) is 5.38. The minimum Gasteiger partial charge on any atom is -0.394 e. The highest BCUT2D eigenvalue weighted by atomic mass is 35.5. The Morgan fingerprint density at radius 2 is 2.10 bits per heavy atom. The van der Waals surface area contributed by atoms with Gasteiger partial charge < -0.3 is 20.6 Å². The van der Waals surface area contributed by atoms with Crippen molar-refractivity contribution < 1.29 is 19.5 Å². The van der Waals surface area contributed by atoms with Gasteiger partial charge in [0.05, 0.1) is 39.9 Å². The van der Waals surface area contributed by atoms with Crippen molar-refractivity contribution >= 4 is 46.8 Å². The van der Waals surface area contributed by atoms with E-state index in [-0.39, 0.29) is 35.5 Å². The van der Waals surface area contributed by atoms with Gasteiger partial charge in [-0.1, -0.05) is 30.7 Å². The van der Waals surface area contributed by atoms with Gasteiger partial charge in [-0.15, -0.1) is 11.8 Å².